The minimum Gasteiger partial charge on any atom is -0.373 e. The number of hydrogen-bond acceptors (Lipinski definition) is 2. The highest BCUT2D eigenvalue weighted by atomic mass is 35.5. The fourth-order valence-corrected chi connectivity index (χ4v) is 2.85. The second kappa shape index (κ2) is 3.78. The van der Waals surface area contributed by atoms with Crippen molar-refractivity contribution in [3.05, 3.63) is 34.3 Å². The molecule has 2 atom stereocenters. The first-order chi connectivity index (χ1) is 7.36. The summed E-state index contributed by atoms with van der Waals surface area (Å²) in [5, 5.41) is 4.27. The average molecular weight is 224 g/mol. The predicted octanol–water partition coefficient (Wildman–Crippen LogP) is 2.32. The summed E-state index contributed by atoms with van der Waals surface area (Å²) in [5.41, 5.74) is 2.56. The van der Waals surface area contributed by atoms with Gasteiger partial charge >= 0.3 is 0 Å². The topological polar surface area (TPSA) is 21.3 Å². The summed E-state index contributed by atoms with van der Waals surface area (Å²) < 4.78 is 5.86. The monoisotopic (exact) mass is 223 g/mol. The Bertz CT molecular complexity index is 380. The molecule has 80 valence electrons. The van der Waals surface area contributed by atoms with Crippen LogP contribution < -0.4 is 5.32 Å². The maximum absolute atomic E-state index is 6.17. The van der Waals surface area contributed by atoms with Gasteiger partial charge in [-0.1, -0.05) is 23.7 Å². The Labute approximate surface area is 94.6 Å². The van der Waals surface area contributed by atoms with Crippen LogP contribution >= 0.6 is 11.6 Å². The summed E-state index contributed by atoms with van der Waals surface area (Å²) in [4.78, 5) is 0. The molecule has 0 aliphatic carbocycles. The molecule has 1 saturated heterocycles. The molecule has 0 bridgehead atoms. The van der Waals surface area contributed by atoms with Crippen LogP contribution in [0.2, 0.25) is 5.02 Å². The van der Waals surface area contributed by atoms with E-state index in [1.165, 1.54) is 11.1 Å². The first kappa shape index (κ1) is 9.64. The number of ether oxygens (including phenoxy) is 1. The molecule has 2 heterocycles. The lowest BCUT2D eigenvalue weighted by molar-refractivity contribution is -0.00674. The molecule has 2 nitrogen and oxygen atoms in total. The highest BCUT2D eigenvalue weighted by molar-refractivity contribution is 6.31. The van der Waals surface area contributed by atoms with Gasteiger partial charge in [0.2, 0.25) is 0 Å². The Balaban J connectivity index is 2.03. The molecule has 0 amide bonds. The van der Waals surface area contributed by atoms with E-state index in [1.807, 2.05) is 12.1 Å². The molecular formula is C12H14ClNO. The van der Waals surface area contributed by atoms with E-state index in [1.54, 1.807) is 0 Å². The third kappa shape index (κ3) is 1.57. The van der Waals surface area contributed by atoms with Crippen molar-refractivity contribution in [2.24, 2.45) is 0 Å². The second-order valence-corrected chi connectivity index (χ2v) is 4.66. The number of nitrogens with one attached hydrogen (secondary N) is 1. The standard InChI is InChI=1S/C12H14ClNO/c13-11-3-1-2-8-9-6-14-5-4-12(9)15-7-10(8)11/h1-3,9,12,14H,4-7H2/t9-,12+/m0/s1. The number of hydrogen-bond donors (Lipinski definition) is 1. The van der Waals surface area contributed by atoms with Gasteiger partial charge in [0.15, 0.2) is 0 Å². The van der Waals surface area contributed by atoms with Gasteiger partial charge in [-0.05, 0) is 30.2 Å². The lowest BCUT2D eigenvalue weighted by Gasteiger charge is -2.37. The Morgan fingerprint density at radius 1 is 1.40 bits per heavy atom. The summed E-state index contributed by atoms with van der Waals surface area (Å²) >= 11 is 6.17. The minimum absolute atomic E-state index is 0.386. The van der Waals surface area contributed by atoms with Crippen molar-refractivity contribution in [2.75, 3.05) is 13.1 Å². The number of halogens is 1. The van der Waals surface area contributed by atoms with Crippen LogP contribution in [-0.4, -0.2) is 19.2 Å². The van der Waals surface area contributed by atoms with Crippen molar-refractivity contribution >= 4 is 11.6 Å². The van der Waals surface area contributed by atoms with Crippen LogP contribution in [-0.2, 0) is 11.3 Å². The van der Waals surface area contributed by atoms with Crippen LogP contribution in [0.1, 0.15) is 23.5 Å². The highest BCUT2D eigenvalue weighted by Gasteiger charge is 2.32. The van der Waals surface area contributed by atoms with Gasteiger partial charge in [0, 0.05) is 17.5 Å². The van der Waals surface area contributed by atoms with Gasteiger partial charge < -0.3 is 10.1 Å². The zero-order valence-electron chi connectivity index (χ0n) is 8.50. The average Bonchev–Trinajstić information content (AvgIpc) is 2.29. The van der Waals surface area contributed by atoms with E-state index >= 15 is 0 Å². The number of piperidine rings is 1. The molecule has 2 aliphatic heterocycles. The zero-order chi connectivity index (χ0) is 10.3. The van der Waals surface area contributed by atoms with Gasteiger partial charge in [0.05, 0.1) is 12.7 Å². The van der Waals surface area contributed by atoms with Gasteiger partial charge in [0.1, 0.15) is 0 Å². The largest absolute Gasteiger partial charge is 0.373 e. The van der Waals surface area contributed by atoms with Crippen LogP contribution in [0.3, 0.4) is 0 Å². The fraction of sp³-hybridized carbons (Fsp3) is 0.500. The molecule has 3 heteroatoms. The van der Waals surface area contributed by atoms with Gasteiger partial charge in [-0.15, -0.1) is 0 Å². The van der Waals surface area contributed by atoms with E-state index in [0.717, 1.165) is 24.5 Å². The highest BCUT2D eigenvalue weighted by Crippen LogP contribution is 2.37. The van der Waals surface area contributed by atoms with Crippen molar-refractivity contribution < 1.29 is 4.74 Å². The van der Waals surface area contributed by atoms with E-state index in [9.17, 15) is 0 Å². The molecule has 3 rings (SSSR count). The van der Waals surface area contributed by atoms with Crippen molar-refractivity contribution in [1.82, 2.24) is 5.32 Å². The maximum Gasteiger partial charge on any atom is 0.0738 e. The molecule has 15 heavy (non-hydrogen) atoms. The third-order valence-corrected chi connectivity index (χ3v) is 3.77. The quantitative estimate of drug-likeness (QED) is 0.729. The molecule has 1 aromatic carbocycles. The summed E-state index contributed by atoms with van der Waals surface area (Å²) in [6.45, 7) is 2.76. The Hall–Kier alpha value is -0.570. The molecule has 0 aromatic heterocycles. The summed E-state index contributed by atoms with van der Waals surface area (Å²) in [5.74, 6) is 0.487. The van der Waals surface area contributed by atoms with E-state index in [4.69, 9.17) is 16.3 Å². The zero-order valence-corrected chi connectivity index (χ0v) is 9.26. The summed E-state index contributed by atoms with van der Waals surface area (Å²) in [7, 11) is 0. The van der Waals surface area contributed by atoms with E-state index in [-0.39, 0.29) is 0 Å². The predicted molar refractivity (Wildman–Crippen MR) is 60.3 cm³/mol. The molecule has 2 aliphatic rings. The molecule has 1 fully saturated rings. The fourth-order valence-electron chi connectivity index (χ4n) is 2.61. The smallest absolute Gasteiger partial charge is 0.0738 e. The van der Waals surface area contributed by atoms with Crippen molar-refractivity contribution in [1.29, 1.82) is 0 Å². The van der Waals surface area contributed by atoms with Crippen molar-refractivity contribution in [3.8, 4) is 0 Å². The number of rotatable bonds is 0. The Morgan fingerprint density at radius 3 is 3.27 bits per heavy atom. The first-order valence-corrected chi connectivity index (χ1v) is 5.83. The molecular weight excluding hydrogens is 210 g/mol. The summed E-state index contributed by atoms with van der Waals surface area (Å²) in [6.07, 6.45) is 1.49. The SMILES string of the molecule is Clc1cccc2c1CO[C@@H]1CCNC[C@@H]21. The molecule has 0 unspecified atom stereocenters. The first-order valence-electron chi connectivity index (χ1n) is 5.46. The summed E-state index contributed by atoms with van der Waals surface area (Å²) in [6, 6.07) is 6.17. The van der Waals surface area contributed by atoms with Gasteiger partial charge in [-0.25, -0.2) is 0 Å². The molecule has 1 aromatic rings. The van der Waals surface area contributed by atoms with Gasteiger partial charge in [0.25, 0.3) is 0 Å². The third-order valence-electron chi connectivity index (χ3n) is 3.41. The lowest BCUT2D eigenvalue weighted by Crippen LogP contribution is -2.42. The lowest BCUT2D eigenvalue weighted by atomic mass is 9.84. The Morgan fingerprint density at radius 2 is 2.33 bits per heavy atom. The van der Waals surface area contributed by atoms with E-state index in [0.29, 0.717) is 18.6 Å². The molecule has 0 saturated carbocycles. The van der Waals surface area contributed by atoms with E-state index < -0.39 is 0 Å². The van der Waals surface area contributed by atoms with Crippen LogP contribution in [0, 0.1) is 0 Å². The molecule has 1 N–H and O–H groups in total. The van der Waals surface area contributed by atoms with Crippen molar-refractivity contribution in [2.45, 2.75) is 25.0 Å². The Kier molecular flexibility index (Phi) is 2.43. The number of benzene rings is 1. The minimum atomic E-state index is 0.386. The van der Waals surface area contributed by atoms with Crippen molar-refractivity contribution in [3.63, 3.8) is 0 Å². The van der Waals surface area contributed by atoms with Crippen LogP contribution in [0.15, 0.2) is 18.2 Å². The van der Waals surface area contributed by atoms with E-state index in [2.05, 4.69) is 11.4 Å². The van der Waals surface area contributed by atoms with Crippen LogP contribution in [0.5, 0.6) is 0 Å². The molecule has 0 radical (unpaired) electrons. The van der Waals surface area contributed by atoms with Gasteiger partial charge in [-0.3, -0.25) is 0 Å². The van der Waals surface area contributed by atoms with Crippen LogP contribution in [0.4, 0.5) is 0 Å². The normalized spacial score (nSPS) is 29.4. The maximum atomic E-state index is 6.17. The molecule has 0 spiro atoms. The second-order valence-electron chi connectivity index (χ2n) is 4.26. The van der Waals surface area contributed by atoms with Crippen LogP contribution in [0.25, 0.3) is 0 Å². The number of fused-ring (bicyclic) bond motifs is 3. The van der Waals surface area contributed by atoms with Gasteiger partial charge in [-0.2, -0.15) is 0 Å².